The van der Waals surface area contributed by atoms with Crippen LogP contribution in [0.1, 0.15) is 70.4 Å². The molecule has 1 saturated carbocycles. The number of carboxylic acid groups (broad SMARTS) is 1. The number of nitrogens with zero attached hydrogens (tertiary/aromatic N) is 1. The summed E-state index contributed by atoms with van der Waals surface area (Å²) in [5, 5.41) is 12.8. The van der Waals surface area contributed by atoms with Gasteiger partial charge < -0.3 is 10.4 Å². The number of pyridine rings is 1. The first-order chi connectivity index (χ1) is 11.4. The van der Waals surface area contributed by atoms with Crippen LogP contribution in [0.5, 0.6) is 0 Å². The van der Waals surface area contributed by atoms with E-state index >= 15 is 0 Å². The number of hydrogen-bond acceptors (Lipinski definition) is 3. The molecule has 2 N–H and O–H groups in total. The highest BCUT2D eigenvalue weighted by Gasteiger charge is 2.41. The van der Waals surface area contributed by atoms with Crippen molar-refractivity contribution < 1.29 is 14.7 Å². The Morgan fingerprint density at radius 3 is 2.25 bits per heavy atom. The molecule has 1 aromatic heterocycles. The number of aliphatic carboxylic acids is 1. The second-order valence-corrected chi connectivity index (χ2v) is 7.25. The Kier molecular flexibility index (Phi) is 6.35. The first kappa shape index (κ1) is 18.4. The van der Waals surface area contributed by atoms with Gasteiger partial charge in [0.1, 0.15) is 0 Å². The zero-order valence-electron chi connectivity index (χ0n) is 14.6. The number of hydrogen-bond donors (Lipinski definition) is 2. The fraction of sp³-hybridized carbons (Fsp3) is 0.632. The standard InChI is InChI=1S/C19H28N2O3/c1-14(2)17(15-7-11-20-12-8-15)21-16(22)13-19(18(23)24)9-5-3-4-6-10-19/h7-8,11-12,14,17H,3-6,9-10,13H2,1-2H3,(H,21,22)(H,23,24). The summed E-state index contributed by atoms with van der Waals surface area (Å²) in [6.07, 6.45) is 8.56. The molecule has 5 nitrogen and oxygen atoms in total. The lowest BCUT2D eigenvalue weighted by Crippen LogP contribution is -2.39. The molecule has 0 aromatic carbocycles. The number of amides is 1. The van der Waals surface area contributed by atoms with Crippen LogP contribution in [0.2, 0.25) is 0 Å². The average molecular weight is 332 g/mol. The molecule has 2 rings (SSSR count). The lowest BCUT2D eigenvalue weighted by atomic mass is 9.77. The van der Waals surface area contributed by atoms with E-state index in [9.17, 15) is 14.7 Å². The molecule has 1 aliphatic carbocycles. The number of carbonyl (C=O) groups excluding carboxylic acids is 1. The Balaban J connectivity index is 2.10. The quantitative estimate of drug-likeness (QED) is 0.778. The van der Waals surface area contributed by atoms with Gasteiger partial charge in [-0.15, -0.1) is 0 Å². The Bertz CT molecular complexity index is 549. The first-order valence-corrected chi connectivity index (χ1v) is 8.87. The average Bonchev–Trinajstić information content (AvgIpc) is 2.79. The van der Waals surface area contributed by atoms with E-state index in [1.54, 1.807) is 12.4 Å². The minimum Gasteiger partial charge on any atom is -0.481 e. The molecule has 0 radical (unpaired) electrons. The van der Waals surface area contributed by atoms with Crippen molar-refractivity contribution in [3.63, 3.8) is 0 Å². The number of carboxylic acids is 1. The van der Waals surface area contributed by atoms with Crippen molar-refractivity contribution in [2.75, 3.05) is 0 Å². The summed E-state index contributed by atoms with van der Waals surface area (Å²) in [6.45, 7) is 4.09. The van der Waals surface area contributed by atoms with Gasteiger partial charge in [-0.25, -0.2) is 0 Å². The summed E-state index contributed by atoms with van der Waals surface area (Å²) in [4.78, 5) is 28.5. The molecule has 1 unspecified atom stereocenters. The SMILES string of the molecule is CC(C)C(NC(=O)CC1(C(=O)O)CCCCCC1)c1ccncc1. The fourth-order valence-corrected chi connectivity index (χ4v) is 3.61. The summed E-state index contributed by atoms with van der Waals surface area (Å²) < 4.78 is 0. The van der Waals surface area contributed by atoms with Crippen LogP contribution in [0.3, 0.4) is 0 Å². The molecule has 0 bridgehead atoms. The lowest BCUT2D eigenvalue weighted by Gasteiger charge is -2.29. The topological polar surface area (TPSA) is 79.3 Å². The summed E-state index contributed by atoms with van der Waals surface area (Å²) in [7, 11) is 0. The van der Waals surface area contributed by atoms with Gasteiger partial charge in [0.05, 0.1) is 11.5 Å². The van der Waals surface area contributed by atoms with Crippen molar-refractivity contribution in [2.45, 2.75) is 64.8 Å². The third-order valence-electron chi connectivity index (χ3n) is 5.06. The van der Waals surface area contributed by atoms with E-state index < -0.39 is 11.4 Å². The van der Waals surface area contributed by atoms with E-state index in [-0.39, 0.29) is 24.3 Å². The third-order valence-corrected chi connectivity index (χ3v) is 5.06. The normalized spacial score (nSPS) is 18.6. The maximum Gasteiger partial charge on any atom is 0.310 e. The van der Waals surface area contributed by atoms with Gasteiger partial charge in [0, 0.05) is 18.8 Å². The first-order valence-electron chi connectivity index (χ1n) is 8.87. The lowest BCUT2D eigenvalue weighted by molar-refractivity contribution is -0.153. The van der Waals surface area contributed by atoms with E-state index in [4.69, 9.17) is 0 Å². The van der Waals surface area contributed by atoms with Crippen LogP contribution in [-0.4, -0.2) is 22.0 Å². The molecule has 0 saturated heterocycles. The number of carbonyl (C=O) groups is 2. The molecule has 5 heteroatoms. The van der Waals surface area contributed by atoms with Gasteiger partial charge in [0.2, 0.25) is 5.91 Å². The summed E-state index contributed by atoms with van der Waals surface area (Å²) >= 11 is 0. The van der Waals surface area contributed by atoms with E-state index in [1.165, 1.54) is 0 Å². The molecule has 24 heavy (non-hydrogen) atoms. The molecule has 1 fully saturated rings. The van der Waals surface area contributed by atoms with Gasteiger partial charge in [-0.05, 0) is 36.5 Å². The van der Waals surface area contributed by atoms with Crippen molar-refractivity contribution in [3.8, 4) is 0 Å². The smallest absolute Gasteiger partial charge is 0.310 e. The van der Waals surface area contributed by atoms with Crippen LogP contribution < -0.4 is 5.32 Å². The summed E-state index contributed by atoms with van der Waals surface area (Å²) in [5.41, 5.74) is 0.0963. The van der Waals surface area contributed by atoms with Gasteiger partial charge in [-0.2, -0.15) is 0 Å². The summed E-state index contributed by atoms with van der Waals surface area (Å²) in [6, 6.07) is 3.66. The van der Waals surface area contributed by atoms with E-state index in [0.29, 0.717) is 12.8 Å². The molecule has 1 amide bonds. The molecule has 1 aromatic rings. The highest BCUT2D eigenvalue weighted by molar-refractivity contribution is 5.85. The molecular formula is C19H28N2O3. The van der Waals surface area contributed by atoms with Crippen LogP contribution >= 0.6 is 0 Å². The minimum atomic E-state index is -0.902. The van der Waals surface area contributed by atoms with Crippen molar-refractivity contribution in [1.29, 1.82) is 0 Å². The van der Waals surface area contributed by atoms with E-state index in [0.717, 1.165) is 31.2 Å². The van der Waals surface area contributed by atoms with Crippen LogP contribution in [0, 0.1) is 11.3 Å². The maximum atomic E-state index is 12.6. The largest absolute Gasteiger partial charge is 0.481 e. The minimum absolute atomic E-state index is 0.0661. The Morgan fingerprint density at radius 2 is 1.75 bits per heavy atom. The Hall–Kier alpha value is -1.91. The van der Waals surface area contributed by atoms with Crippen molar-refractivity contribution in [3.05, 3.63) is 30.1 Å². The predicted octanol–water partition coefficient (Wildman–Crippen LogP) is 3.71. The molecular weight excluding hydrogens is 304 g/mol. The Labute approximate surface area is 143 Å². The monoisotopic (exact) mass is 332 g/mol. The Morgan fingerprint density at radius 1 is 1.17 bits per heavy atom. The van der Waals surface area contributed by atoms with Gasteiger partial charge in [0.25, 0.3) is 0 Å². The van der Waals surface area contributed by atoms with Crippen molar-refractivity contribution >= 4 is 11.9 Å². The van der Waals surface area contributed by atoms with Gasteiger partial charge in [0.15, 0.2) is 0 Å². The van der Waals surface area contributed by atoms with E-state index in [1.807, 2.05) is 26.0 Å². The van der Waals surface area contributed by atoms with Crippen molar-refractivity contribution in [1.82, 2.24) is 10.3 Å². The van der Waals surface area contributed by atoms with E-state index in [2.05, 4.69) is 10.3 Å². The number of nitrogens with one attached hydrogen (secondary N) is 1. The van der Waals surface area contributed by atoms with Crippen molar-refractivity contribution in [2.24, 2.45) is 11.3 Å². The molecule has 1 atom stereocenters. The number of aromatic nitrogens is 1. The molecule has 0 aliphatic heterocycles. The zero-order chi connectivity index (χ0) is 17.6. The van der Waals surface area contributed by atoms with Crippen LogP contribution in [-0.2, 0) is 9.59 Å². The van der Waals surface area contributed by atoms with Crippen LogP contribution in [0.4, 0.5) is 0 Å². The third kappa shape index (κ3) is 4.56. The highest BCUT2D eigenvalue weighted by Crippen LogP contribution is 2.38. The second kappa shape index (κ2) is 8.27. The summed E-state index contributed by atoms with van der Waals surface area (Å²) in [5.74, 6) is -0.786. The molecule has 1 aliphatic rings. The second-order valence-electron chi connectivity index (χ2n) is 7.25. The van der Waals surface area contributed by atoms with Crippen LogP contribution in [0.15, 0.2) is 24.5 Å². The zero-order valence-corrected chi connectivity index (χ0v) is 14.6. The highest BCUT2D eigenvalue weighted by atomic mass is 16.4. The van der Waals surface area contributed by atoms with Crippen LogP contribution in [0.25, 0.3) is 0 Å². The maximum absolute atomic E-state index is 12.6. The molecule has 132 valence electrons. The van der Waals surface area contributed by atoms with Gasteiger partial charge in [-0.1, -0.05) is 39.5 Å². The predicted molar refractivity (Wildman–Crippen MR) is 92.3 cm³/mol. The van der Waals surface area contributed by atoms with Gasteiger partial charge in [-0.3, -0.25) is 14.6 Å². The fourth-order valence-electron chi connectivity index (χ4n) is 3.61. The molecule has 1 heterocycles. The molecule has 0 spiro atoms. The van der Waals surface area contributed by atoms with Gasteiger partial charge >= 0.3 is 5.97 Å². The number of rotatable bonds is 6.